The van der Waals surface area contributed by atoms with E-state index in [0.717, 1.165) is 28.9 Å². The van der Waals surface area contributed by atoms with Crippen LogP contribution < -0.4 is 4.90 Å². The Balaban J connectivity index is 2.51. The van der Waals surface area contributed by atoms with Crippen molar-refractivity contribution in [3.63, 3.8) is 0 Å². The summed E-state index contributed by atoms with van der Waals surface area (Å²) in [4.78, 5) is 6.79. The highest BCUT2D eigenvalue weighted by Gasteiger charge is 2.15. The molecule has 2 aromatic rings. The van der Waals surface area contributed by atoms with E-state index in [1.807, 2.05) is 17.6 Å². The molecule has 0 fully saturated rings. The highest BCUT2D eigenvalue weighted by Crippen LogP contribution is 2.21. The van der Waals surface area contributed by atoms with Gasteiger partial charge in [0.25, 0.3) is 0 Å². The molecule has 0 amide bonds. The zero-order valence-electron chi connectivity index (χ0n) is 10.4. The molecule has 0 N–H and O–H groups in total. The van der Waals surface area contributed by atoms with E-state index in [1.54, 1.807) is 6.20 Å². The number of halogens is 1. The summed E-state index contributed by atoms with van der Waals surface area (Å²) in [6, 6.07) is 2.49. The average Bonchev–Trinajstić information content (AvgIpc) is 2.65. The van der Waals surface area contributed by atoms with E-state index in [2.05, 4.69) is 50.8 Å². The smallest absolute Gasteiger partial charge is 0.154 e. The minimum atomic E-state index is 0.418. The number of alkyl halides is 1. The van der Waals surface area contributed by atoms with Gasteiger partial charge in [-0.15, -0.1) is 0 Å². The van der Waals surface area contributed by atoms with Crippen molar-refractivity contribution in [1.82, 2.24) is 14.6 Å². The summed E-state index contributed by atoms with van der Waals surface area (Å²) >= 11 is 3.49. The molecule has 4 nitrogen and oxygen atoms in total. The molecule has 0 bridgehead atoms. The van der Waals surface area contributed by atoms with Crippen molar-refractivity contribution < 1.29 is 0 Å². The van der Waals surface area contributed by atoms with Gasteiger partial charge in [0.05, 0.1) is 5.69 Å². The van der Waals surface area contributed by atoms with Gasteiger partial charge in [-0.3, -0.25) is 0 Å². The van der Waals surface area contributed by atoms with E-state index < -0.39 is 0 Å². The van der Waals surface area contributed by atoms with Crippen LogP contribution in [0.1, 0.15) is 19.5 Å². The second kappa shape index (κ2) is 5.04. The number of aryl methyl sites for hydroxylation is 1. The van der Waals surface area contributed by atoms with Crippen molar-refractivity contribution in [3.05, 3.63) is 24.2 Å². The van der Waals surface area contributed by atoms with Crippen LogP contribution in [0.4, 0.5) is 5.82 Å². The number of nitrogens with zero attached hydrogens (tertiary/aromatic N) is 4. The van der Waals surface area contributed by atoms with Crippen LogP contribution in [0.2, 0.25) is 0 Å². The molecule has 0 spiro atoms. The molecule has 0 aliphatic heterocycles. The van der Waals surface area contributed by atoms with Gasteiger partial charge in [-0.05, 0) is 26.8 Å². The van der Waals surface area contributed by atoms with Gasteiger partial charge in [0.15, 0.2) is 5.82 Å². The van der Waals surface area contributed by atoms with Gasteiger partial charge < -0.3 is 4.90 Å². The third kappa shape index (κ3) is 2.44. The van der Waals surface area contributed by atoms with Crippen LogP contribution in [0.3, 0.4) is 0 Å². The number of rotatable bonds is 4. The molecule has 2 aromatic heterocycles. The Morgan fingerprint density at radius 3 is 2.88 bits per heavy atom. The fraction of sp³-hybridized carbons (Fsp3) is 0.500. The molecule has 0 saturated heterocycles. The van der Waals surface area contributed by atoms with E-state index in [0.29, 0.717) is 6.04 Å². The van der Waals surface area contributed by atoms with Crippen molar-refractivity contribution in [2.75, 3.05) is 16.8 Å². The fourth-order valence-electron chi connectivity index (χ4n) is 1.95. The summed E-state index contributed by atoms with van der Waals surface area (Å²) in [5.74, 6) is 1.00. The summed E-state index contributed by atoms with van der Waals surface area (Å²) in [5.41, 5.74) is 2.08. The third-order valence-corrected chi connectivity index (χ3v) is 3.07. The van der Waals surface area contributed by atoms with Crippen LogP contribution in [-0.2, 0) is 0 Å². The van der Waals surface area contributed by atoms with E-state index in [9.17, 15) is 0 Å². The third-order valence-electron chi connectivity index (χ3n) is 2.71. The lowest BCUT2D eigenvalue weighted by molar-refractivity contribution is 0.697. The maximum absolute atomic E-state index is 4.50. The largest absolute Gasteiger partial charge is 0.352 e. The maximum atomic E-state index is 4.50. The minimum Gasteiger partial charge on any atom is -0.352 e. The molecule has 0 saturated carbocycles. The normalized spacial score (nSPS) is 11.4. The lowest BCUT2D eigenvalue weighted by atomic mass is 10.3. The number of anilines is 1. The van der Waals surface area contributed by atoms with Gasteiger partial charge in [-0.1, -0.05) is 15.9 Å². The highest BCUT2D eigenvalue weighted by atomic mass is 79.9. The highest BCUT2D eigenvalue weighted by molar-refractivity contribution is 9.09. The minimum absolute atomic E-state index is 0.418. The van der Waals surface area contributed by atoms with Crippen LogP contribution in [0.5, 0.6) is 0 Å². The summed E-state index contributed by atoms with van der Waals surface area (Å²) in [6.07, 6.45) is 3.69. The number of hydrogen-bond acceptors (Lipinski definition) is 3. The van der Waals surface area contributed by atoms with E-state index in [4.69, 9.17) is 0 Å². The molecule has 0 aliphatic carbocycles. The van der Waals surface area contributed by atoms with Crippen molar-refractivity contribution in [2.45, 2.75) is 26.8 Å². The van der Waals surface area contributed by atoms with Gasteiger partial charge in [0.1, 0.15) is 5.52 Å². The van der Waals surface area contributed by atoms with Crippen molar-refractivity contribution in [3.8, 4) is 0 Å². The van der Waals surface area contributed by atoms with Gasteiger partial charge in [-0.2, -0.15) is 5.10 Å². The molecule has 2 rings (SSSR count). The predicted octanol–water partition coefficient (Wildman–Crippen LogP) is 2.65. The number of fused-ring (bicyclic) bond motifs is 1. The number of aromatic nitrogens is 3. The van der Waals surface area contributed by atoms with E-state index in [-0.39, 0.29) is 0 Å². The maximum Gasteiger partial charge on any atom is 0.154 e. The Kier molecular flexibility index (Phi) is 3.66. The SMILES string of the molecule is Cc1cc2c(N(CCBr)C(C)C)nccn2n1. The molecule has 92 valence electrons. The van der Waals surface area contributed by atoms with Crippen LogP contribution in [0.25, 0.3) is 5.52 Å². The van der Waals surface area contributed by atoms with E-state index in [1.165, 1.54) is 0 Å². The Labute approximate surface area is 110 Å². The monoisotopic (exact) mass is 296 g/mol. The van der Waals surface area contributed by atoms with Gasteiger partial charge >= 0.3 is 0 Å². The summed E-state index contributed by atoms with van der Waals surface area (Å²) in [5, 5.41) is 5.35. The summed E-state index contributed by atoms with van der Waals surface area (Å²) in [7, 11) is 0. The molecule has 0 aliphatic rings. The second-order valence-corrected chi connectivity index (χ2v) is 5.14. The zero-order valence-corrected chi connectivity index (χ0v) is 12.0. The van der Waals surface area contributed by atoms with Crippen molar-refractivity contribution in [2.24, 2.45) is 0 Å². The average molecular weight is 297 g/mol. The molecule has 0 radical (unpaired) electrons. The quantitative estimate of drug-likeness (QED) is 0.814. The zero-order chi connectivity index (χ0) is 12.4. The molecule has 0 unspecified atom stereocenters. The van der Waals surface area contributed by atoms with Crippen LogP contribution in [0.15, 0.2) is 18.5 Å². The summed E-state index contributed by atoms with van der Waals surface area (Å²) in [6.45, 7) is 7.30. The molecule has 2 heterocycles. The topological polar surface area (TPSA) is 33.4 Å². The molecule has 17 heavy (non-hydrogen) atoms. The molecule has 0 aromatic carbocycles. The lowest BCUT2D eigenvalue weighted by Gasteiger charge is -2.27. The Bertz CT molecular complexity index is 506. The van der Waals surface area contributed by atoms with Gasteiger partial charge in [0, 0.05) is 30.3 Å². The fourth-order valence-corrected chi connectivity index (χ4v) is 2.33. The Morgan fingerprint density at radius 2 is 2.24 bits per heavy atom. The lowest BCUT2D eigenvalue weighted by Crippen LogP contribution is -2.33. The van der Waals surface area contributed by atoms with Crippen LogP contribution >= 0.6 is 15.9 Å². The van der Waals surface area contributed by atoms with E-state index >= 15 is 0 Å². The van der Waals surface area contributed by atoms with Gasteiger partial charge in [-0.25, -0.2) is 9.50 Å². The Morgan fingerprint density at radius 1 is 1.47 bits per heavy atom. The van der Waals surface area contributed by atoms with Crippen molar-refractivity contribution in [1.29, 1.82) is 0 Å². The summed E-state index contributed by atoms with van der Waals surface area (Å²) < 4.78 is 1.89. The van der Waals surface area contributed by atoms with Crippen molar-refractivity contribution >= 4 is 27.3 Å². The molecule has 0 atom stereocenters. The molecular formula is C12H17BrN4. The predicted molar refractivity (Wildman–Crippen MR) is 74.0 cm³/mol. The first-order valence-electron chi connectivity index (χ1n) is 5.77. The molecule has 5 heteroatoms. The van der Waals surface area contributed by atoms with Crippen LogP contribution in [0, 0.1) is 6.92 Å². The van der Waals surface area contributed by atoms with Gasteiger partial charge in [0.2, 0.25) is 0 Å². The second-order valence-electron chi connectivity index (χ2n) is 4.34. The Hall–Kier alpha value is -1.10. The first-order chi connectivity index (χ1) is 8.13. The number of hydrogen-bond donors (Lipinski definition) is 0. The molecular weight excluding hydrogens is 280 g/mol. The van der Waals surface area contributed by atoms with Crippen LogP contribution in [-0.4, -0.2) is 32.5 Å². The first-order valence-corrected chi connectivity index (χ1v) is 6.89. The standard InChI is InChI=1S/C12H17BrN4/c1-9(2)16(6-4-13)12-11-8-10(3)15-17(11)7-5-14-12/h5,7-9H,4,6H2,1-3H3. The first kappa shape index (κ1) is 12.4.